The number of oxime groups is 1. The van der Waals surface area contributed by atoms with Gasteiger partial charge in [-0.05, 0) is 102 Å². The van der Waals surface area contributed by atoms with Gasteiger partial charge in [0, 0.05) is 36.5 Å². The summed E-state index contributed by atoms with van der Waals surface area (Å²) in [7, 11) is 1.53. The number of benzene rings is 5. The quantitative estimate of drug-likeness (QED) is 0.0749. The van der Waals surface area contributed by atoms with Crippen LogP contribution in [0.4, 0.5) is 0 Å². The number of ether oxygens (including phenoxy) is 2. The summed E-state index contributed by atoms with van der Waals surface area (Å²) in [6.07, 6.45) is -5.94. The van der Waals surface area contributed by atoms with Crippen LogP contribution in [0.5, 0.6) is 46.0 Å². The Balaban J connectivity index is 1.37. The van der Waals surface area contributed by atoms with Crippen molar-refractivity contribution in [2.45, 2.75) is 87.9 Å². The average molecular weight is 1140 g/mol. The third-order valence-electron chi connectivity index (χ3n) is 14.1. The van der Waals surface area contributed by atoms with E-state index < -0.39 is 156 Å². The fourth-order valence-corrected chi connectivity index (χ4v) is 10.5. The Morgan fingerprint density at radius 2 is 1.38 bits per heavy atom. The number of phenols is 4. The molecular weight excluding hydrogens is 1090 g/mol. The van der Waals surface area contributed by atoms with Gasteiger partial charge in [0.05, 0.1) is 52.3 Å². The third-order valence-corrected chi connectivity index (χ3v) is 14.7. The number of halogens is 2. The third kappa shape index (κ3) is 12.2. The van der Waals surface area contributed by atoms with E-state index >= 15 is 9.59 Å². The predicted octanol–water partition coefficient (Wildman–Crippen LogP) is 4.54. The summed E-state index contributed by atoms with van der Waals surface area (Å²) in [5.41, 5.74) is 4.39. The number of hydrogen-bond donors (Lipinski definition) is 14. The van der Waals surface area contributed by atoms with Crippen molar-refractivity contribution in [2.75, 3.05) is 13.7 Å². The zero-order valence-corrected chi connectivity index (χ0v) is 44.5. The SMILES string of the molecule is CN[C@H](CC(C)C)C(=O)N[C@H]1C(=O)C[C@@H](CC(N)=O)C(=O)N[C@H]2/C(=N\O)C[C@@H]3C(=O)N[C@H](C(=O)N[C@H](CO)c4cc(O)cc(O)c4-c4cc3ccc4O)[C@H](O)c3ccc(c(Cl)c3)Oc3cc2cc(c3O)Oc2ccc(cc2Cl)[C@H]1O. The van der Waals surface area contributed by atoms with Crippen molar-refractivity contribution in [1.82, 2.24) is 26.6 Å². The molecule has 5 aromatic carbocycles. The Bertz CT molecular complexity index is 3320. The lowest BCUT2D eigenvalue weighted by atomic mass is 9.84. The topological polar surface area (TPSA) is 381 Å². The molecular formula is C55H57Cl2N7O16. The first kappa shape index (κ1) is 58.0. The number of ketones is 1. The van der Waals surface area contributed by atoms with Crippen molar-refractivity contribution in [3.63, 3.8) is 0 Å². The van der Waals surface area contributed by atoms with E-state index in [0.717, 1.165) is 18.2 Å². The molecule has 5 heterocycles. The summed E-state index contributed by atoms with van der Waals surface area (Å²) in [4.78, 5) is 86.1. The molecule has 0 saturated carbocycles. The highest BCUT2D eigenvalue weighted by Crippen LogP contribution is 2.48. The van der Waals surface area contributed by atoms with Gasteiger partial charge in [0.15, 0.2) is 17.3 Å². The monoisotopic (exact) mass is 1140 g/mol. The molecule has 80 heavy (non-hydrogen) atoms. The van der Waals surface area contributed by atoms with Crippen LogP contribution in [-0.2, 0) is 28.8 Å². The molecule has 10 rings (SSSR count). The second-order valence-corrected chi connectivity index (χ2v) is 20.9. The van der Waals surface area contributed by atoms with Crippen LogP contribution in [0.15, 0.2) is 84.0 Å². The molecule has 0 saturated heterocycles. The molecule has 9 atom stereocenters. The maximum atomic E-state index is 15.2. The summed E-state index contributed by atoms with van der Waals surface area (Å²) >= 11 is 13.6. The second-order valence-electron chi connectivity index (χ2n) is 20.1. The van der Waals surface area contributed by atoms with Crippen LogP contribution in [0, 0.1) is 11.8 Å². The number of fused-ring (bicyclic) bond motifs is 15. The van der Waals surface area contributed by atoms with Crippen LogP contribution in [0.3, 0.4) is 0 Å². The first-order valence-electron chi connectivity index (χ1n) is 25.1. The van der Waals surface area contributed by atoms with Gasteiger partial charge in [-0.15, -0.1) is 0 Å². The van der Waals surface area contributed by atoms with Crippen molar-refractivity contribution in [3.05, 3.63) is 117 Å². The molecule has 0 aromatic heterocycles. The van der Waals surface area contributed by atoms with Gasteiger partial charge in [0.2, 0.25) is 35.3 Å². The molecule has 5 aliphatic rings. The fraction of sp³-hybridized carbons (Fsp3) is 0.327. The van der Waals surface area contributed by atoms with E-state index in [-0.39, 0.29) is 66.4 Å². The van der Waals surface area contributed by atoms with E-state index in [2.05, 4.69) is 31.7 Å². The molecule has 5 aromatic rings. The van der Waals surface area contributed by atoms with Gasteiger partial charge in [-0.1, -0.05) is 60.4 Å². The number of phenolic OH excluding ortho intramolecular Hbond substituents is 4. The summed E-state index contributed by atoms with van der Waals surface area (Å²) < 4.78 is 12.4. The van der Waals surface area contributed by atoms with Gasteiger partial charge >= 0.3 is 0 Å². The molecule has 5 aliphatic heterocycles. The number of nitrogens with one attached hydrogen (secondary N) is 5. The minimum Gasteiger partial charge on any atom is -0.508 e. The van der Waals surface area contributed by atoms with Crippen LogP contribution >= 0.6 is 23.2 Å². The Labute approximate surface area is 466 Å². The van der Waals surface area contributed by atoms with Gasteiger partial charge < -0.3 is 82.7 Å². The molecule has 23 nitrogen and oxygen atoms in total. The van der Waals surface area contributed by atoms with E-state index in [1.54, 1.807) is 0 Å². The number of Topliss-reactive ketones (excluding diaryl/α,β-unsaturated/α-hetero) is 1. The molecule has 0 radical (unpaired) electrons. The first-order chi connectivity index (χ1) is 38.0. The van der Waals surface area contributed by atoms with Crippen molar-refractivity contribution in [3.8, 4) is 57.1 Å². The summed E-state index contributed by atoms with van der Waals surface area (Å²) in [6.45, 7) is 2.85. The number of nitrogens with two attached hydrogens (primary N) is 1. The number of nitrogens with zero attached hydrogens (tertiary/aromatic N) is 1. The number of amides is 5. The largest absolute Gasteiger partial charge is 0.508 e. The zero-order valence-electron chi connectivity index (χ0n) is 42.9. The van der Waals surface area contributed by atoms with E-state index in [0.29, 0.717) is 6.42 Å². The molecule has 0 fully saturated rings. The van der Waals surface area contributed by atoms with E-state index in [1.807, 2.05) is 13.8 Å². The molecule has 0 unspecified atom stereocenters. The predicted molar refractivity (Wildman–Crippen MR) is 286 cm³/mol. The van der Waals surface area contributed by atoms with Crippen LogP contribution in [0.2, 0.25) is 10.0 Å². The van der Waals surface area contributed by atoms with Gasteiger partial charge in [0.1, 0.15) is 53.0 Å². The van der Waals surface area contributed by atoms with Crippen LogP contribution < -0.4 is 41.8 Å². The minimum absolute atomic E-state index is 0.00355. The number of aliphatic hydroxyl groups is 3. The van der Waals surface area contributed by atoms with Crippen LogP contribution in [0.25, 0.3) is 11.1 Å². The van der Waals surface area contributed by atoms with E-state index in [9.17, 15) is 60.1 Å². The molecule has 11 bridgehead atoms. The van der Waals surface area contributed by atoms with Gasteiger partial charge in [-0.3, -0.25) is 28.8 Å². The van der Waals surface area contributed by atoms with E-state index in [1.165, 1.54) is 67.7 Å². The van der Waals surface area contributed by atoms with Crippen LogP contribution in [0.1, 0.15) is 97.6 Å². The molecule has 15 N–H and O–H groups in total. The lowest BCUT2D eigenvalue weighted by molar-refractivity contribution is -0.136. The lowest BCUT2D eigenvalue weighted by Crippen LogP contribution is -2.53. The van der Waals surface area contributed by atoms with Crippen molar-refractivity contribution >= 4 is 64.2 Å². The highest BCUT2D eigenvalue weighted by molar-refractivity contribution is 6.32. The Kier molecular flexibility index (Phi) is 17.4. The summed E-state index contributed by atoms with van der Waals surface area (Å²) in [6, 6.07) is 7.75. The number of aromatic hydroxyl groups is 4. The van der Waals surface area contributed by atoms with Crippen LogP contribution in [-0.4, -0.2) is 114 Å². The van der Waals surface area contributed by atoms with Gasteiger partial charge in [-0.25, -0.2) is 0 Å². The van der Waals surface area contributed by atoms with E-state index in [4.69, 9.17) is 38.4 Å². The summed E-state index contributed by atoms with van der Waals surface area (Å²) in [5, 5.41) is 108. The fourth-order valence-electron chi connectivity index (χ4n) is 10.0. The highest BCUT2D eigenvalue weighted by atomic mass is 35.5. The smallest absolute Gasteiger partial charge is 0.246 e. The molecule has 5 amide bonds. The summed E-state index contributed by atoms with van der Waals surface area (Å²) in [5.74, 6) is -13.1. The average Bonchev–Trinajstić information content (AvgIpc) is 3.42. The number of aliphatic hydroxyl groups excluding tert-OH is 3. The normalized spacial score (nSPS) is 23.2. The zero-order chi connectivity index (χ0) is 58.0. The Hall–Kier alpha value is -8.19. The van der Waals surface area contributed by atoms with Crippen molar-refractivity contribution in [2.24, 2.45) is 22.7 Å². The number of primary amides is 1. The maximum Gasteiger partial charge on any atom is 0.246 e. The number of carbonyl (C=O) groups excluding carboxylic acids is 6. The van der Waals surface area contributed by atoms with Gasteiger partial charge in [0.25, 0.3) is 0 Å². The lowest BCUT2D eigenvalue weighted by Gasteiger charge is -2.31. The highest BCUT2D eigenvalue weighted by Gasteiger charge is 2.41. The number of rotatable bonds is 8. The standard InChI is InChI=1S/C55H57Cl2N7O16/c1-22(2)10-35(59-3)54(76)62-47-39(69)14-27(17-44(58)70)52(74)61-46-26-15-42(79-40-8-5-24(49(47)71)12-32(40)56)51(73)43(16-26)80-41-9-6-25(13-33(41)57)50(72)48-55(77)60-36(21-65)30-18-28(66)19-38(68)45(30)31-11-23(4-7-37(31)67)29(53(75)63-48)20-34(46)64-78/h4-9,11-13,15-16,18-19,22,27,29,35-36,46-50,59,65-68,71-73,78H,10,14,17,20-21H2,1-3H3,(H2,58,70)(H,60,77)(H,61,74)(H,62,76)(H,63,75)/b64-34-/t27-,29-,35+,36+,46+,47-,48-,49+,50+/m0/s1. The molecule has 0 spiro atoms. The molecule has 0 aliphatic carbocycles. The number of carbonyl (C=O) groups is 6. The van der Waals surface area contributed by atoms with Gasteiger partial charge in [-0.2, -0.15) is 0 Å². The second kappa shape index (κ2) is 24.0. The van der Waals surface area contributed by atoms with Crippen molar-refractivity contribution < 1.29 is 79.2 Å². The van der Waals surface area contributed by atoms with Crippen molar-refractivity contribution in [1.29, 1.82) is 0 Å². The number of likely N-dealkylation sites (N-methyl/N-ethyl adjacent to an activating group) is 1. The maximum absolute atomic E-state index is 15.2. The first-order valence-corrected chi connectivity index (χ1v) is 25.8. The number of hydrogen-bond acceptors (Lipinski definition) is 18. The Morgan fingerprint density at radius 1 is 0.750 bits per heavy atom. The molecule has 422 valence electrons. The Morgan fingerprint density at radius 3 is 1.95 bits per heavy atom. The molecule has 25 heteroatoms. The minimum atomic E-state index is -1.96.